The van der Waals surface area contributed by atoms with Gasteiger partial charge in [0.1, 0.15) is 0 Å². The second kappa shape index (κ2) is 3.17. The molecule has 0 radical (unpaired) electrons. The highest BCUT2D eigenvalue weighted by atomic mass is 16.5. The van der Waals surface area contributed by atoms with E-state index in [-0.39, 0.29) is 12.5 Å². The molecule has 0 spiro atoms. The molecule has 1 amide bonds. The Hall–Kier alpha value is -1.78. The molecule has 0 saturated carbocycles. The molecule has 0 aliphatic carbocycles. The van der Waals surface area contributed by atoms with Crippen molar-refractivity contribution in [2.45, 2.75) is 0 Å². The fraction of sp³-hybridized carbons (Fsp3) is 0.333. The number of hydrogen-bond donors (Lipinski definition) is 1. The first kappa shape index (κ1) is 8.80. The van der Waals surface area contributed by atoms with Crippen LogP contribution in [-0.4, -0.2) is 31.6 Å². The van der Waals surface area contributed by atoms with Crippen LogP contribution in [0.15, 0.2) is 12.3 Å². The van der Waals surface area contributed by atoms with E-state index >= 15 is 0 Å². The molecule has 1 aliphatic rings. The van der Waals surface area contributed by atoms with E-state index in [4.69, 9.17) is 4.74 Å². The lowest BCUT2D eigenvalue weighted by atomic mass is 10.3. The predicted molar refractivity (Wildman–Crippen MR) is 52.7 cm³/mol. The second-order valence-corrected chi connectivity index (χ2v) is 3.24. The first-order valence-electron chi connectivity index (χ1n) is 4.27. The Kier molecular flexibility index (Phi) is 1.99. The molecule has 5 nitrogen and oxygen atoms in total. The topological polar surface area (TPSA) is 54.5 Å². The Balaban J connectivity index is 2.46. The summed E-state index contributed by atoms with van der Waals surface area (Å²) >= 11 is 0. The largest absolute Gasteiger partial charge is 0.478 e. The number of fused-ring (bicyclic) bond motifs is 1. The summed E-state index contributed by atoms with van der Waals surface area (Å²) in [5.41, 5.74) is 0.912. The average molecular weight is 193 g/mol. The zero-order chi connectivity index (χ0) is 10.1. The van der Waals surface area contributed by atoms with Crippen LogP contribution in [-0.2, 0) is 4.79 Å². The molecule has 74 valence electrons. The Morgan fingerprint density at radius 1 is 1.57 bits per heavy atom. The van der Waals surface area contributed by atoms with Gasteiger partial charge in [0.15, 0.2) is 18.2 Å². The minimum Gasteiger partial charge on any atom is -0.478 e. The van der Waals surface area contributed by atoms with Gasteiger partial charge in [-0.15, -0.1) is 0 Å². The monoisotopic (exact) mass is 193 g/mol. The standard InChI is InChI=1S/C9H11N3O2/c1-12(2)6-3-4-10-9-8(6)14-5-7(13)11-9/h3-4H,5H2,1-2H3,(H,10,11,13). The fourth-order valence-electron chi connectivity index (χ4n) is 1.33. The number of pyridine rings is 1. The van der Waals surface area contributed by atoms with E-state index in [0.717, 1.165) is 5.69 Å². The van der Waals surface area contributed by atoms with Gasteiger partial charge in [-0.05, 0) is 6.07 Å². The molecule has 0 aromatic carbocycles. The summed E-state index contributed by atoms with van der Waals surface area (Å²) in [7, 11) is 3.82. The Labute approximate surface area is 81.7 Å². The summed E-state index contributed by atoms with van der Waals surface area (Å²) < 4.78 is 5.31. The van der Waals surface area contributed by atoms with Crippen molar-refractivity contribution in [1.29, 1.82) is 0 Å². The van der Waals surface area contributed by atoms with Crippen LogP contribution in [0, 0.1) is 0 Å². The lowest BCUT2D eigenvalue weighted by Crippen LogP contribution is -2.27. The molecule has 0 bridgehead atoms. The Morgan fingerprint density at radius 2 is 2.36 bits per heavy atom. The van der Waals surface area contributed by atoms with Crippen molar-refractivity contribution in [1.82, 2.24) is 4.98 Å². The number of rotatable bonds is 1. The van der Waals surface area contributed by atoms with Gasteiger partial charge in [-0.3, -0.25) is 4.79 Å². The maximum absolute atomic E-state index is 11.0. The molecular formula is C9H11N3O2. The smallest absolute Gasteiger partial charge is 0.263 e. The van der Waals surface area contributed by atoms with E-state index < -0.39 is 0 Å². The number of nitrogens with one attached hydrogen (secondary N) is 1. The molecule has 0 unspecified atom stereocenters. The van der Waals surface area contributed by atoms with Gasteiger partial charge in [0.25, 0.3) is 5.91 Å². The zero-order valence-corrected chi connectivity index (χ0v) is 8.07. The molecule has 2 rings (SSSR count). The van der Waals surface area contributed by atoms with Crippen molar-refractivity contribution < 1.29 is 9.53 Å². The lowest BCUT2D eigenvalue weighted by molar-refractivity contribution is -0.118. The Bertz CT molecular complexity index is 376. The number of ether oxygens (including phenoxy) is 1. The van der Waals surface area contributed by atoms with Crippen LogP contribution in [0.3, 0.4) is 0 Å². The van der Waals surface area contributed by atoms with E-state index in [2.05, 4.69) is 10.3 Å². The SMILES string of the molecule is CN(C)c1ccnc2c1OCC(=O)N2. The van der Waals surface area contributed by atoms with E-state index in [9.17, 15) is 4.79 Å². The van der Waals surface area contributed by atoms with Crippen molar-refractivity contribution >= 4 is 17.4 Å². The van der Waals surface area contributed by atoms with Gasteiger partial charge in [-0.2, -0.15) is 0 Å². The molecule has 14 heavy (non-hydrogen) atoms. The second-order valence-electron chi connectivity index (χ2n) is 3.24. The van der Waals surface area contributed by atoms with E-state index in [0.29, 0.717) is 11.6 Å². The summed E-state index contributed by atoms with van der Waals surface area (Å²) in [4.78, 5) is 17.0. The number of carbonyl (C=O) groups is 1. The number of aromatic nitrogens is 1. The van der Waals surface area contributed by atoms with Crippen molar-refractivity contribution in [2.75, 3.05) is 30.9 Å². The van der Waals surface area contributed by atoms with Crippen LogP contribution in [0.1, 0.15) is 0 Å². The fourth-order valence-corrected chi connectivity index (χ4v) is 1.33. The van der Waals surface area contributed by atoms with Gasteiger partial charge in [-0.25, -0.2) is 4.98 Å². The van der Waals surface area contributed by atoms with Crippen LogP contribution in [0.25, 0.3) is 0 Å². The highest BCUT2D eigenvalue weighted by Crippen LogP contribution is 2.34. The van der Waals surface area contributed by atoms with Crippen LogP contribution in [0.2, 0.25) is 0 Å². The maximum Gasteiger partial charge on any atom is 0.263 e. The number of hydrogen-bond acceptors (Lipinski definition) is 4. The molecular weight excluding hydrogens is 182 g/mol. The molecule has 1 aromatic heterocycles. The minimum atomic E-state index is -0.166. The maximum atomic E-state index is 11.0. The molecule has 0 saturated heterocycles. The summed E-state index contributed by atoms with van der Waals surface area (Å²) in [6, 6.07) is 1.84. The molecule has 1 aliphatic heterocycles. The molecule has 5 heteroatoms. The first-order chi connectivity index (χ1) is 6.68. The van der Waals surface area contributed by atoms with Crippen LogP contribution in [0.4, 0.5) is 11.5 Å². The van der Waals surface area contributed by atoms with Crippen molar-refractivity contribution in [3.05, 3.63) is 12.3 Å². The predicted octanol–water partition coefficient (Wildman–Crippen LogP) is 0.478. The third-order valence-electron chi connectivity index (χ3n) is 1.97. The minimum absolute atomic E-state index is 0.0551. The quantitative estimate of drug-likeness (QED) is 0.704. The van der Waals surface area contributed by atoms with Gasteiger partial charge in [-0.1, -0.05) is 0 Å². The zero-order valence-electron chi connectivity index (χ0n) is 8.07. The lowest BCUT2D eigenvalue weighted by Gasteiger charge is -2.22. The van der Waals surface area contributed by atoms with Crippen LogP contribution < -0.4 is 15.0 Å². The summed E-state index contributed by atoms with van der Waals surface area (Å²) in [6.45, 7) is 0.0551. The summed E-state index contributed by atoms with van der Waals surface area (Å²) in [6.07, 6.45) is 1.64. The van der Waals surface area contributed by atoms with Crippen LogP contribution >= 0.6 is 0 Å². The van der Waals surface area contributed by atoms with Gasteiger partial charge < -0.3 is 15.0 Å². The number of anilines is 2. The van der Waals surface area contributed by atoms with E-state index in [1.54, 1.807) is 6.20 Å². The molecule has 0 fully saturated rings. The van der Waals surface area contributed by atoms with Crippen molar-refractivity contribution in [3.63, 3.8) is 0 Å². The summed E-state index contributed by atoms with van der Waals surface area (Å²) in [5.74, 6) is 0.963. The molecule has 1 N–H and O–H groups in total. The Morgan fingerprint density at radius 3 is 3.07 bits per heavy atom. The van der Waals surface area contributed by atoms with Gasteiger partial charge >= 0.3 is 0 Å². The summed E-state index contributed by atoms with van der Waals surface area (Å²) in [5, 5.41) is 2.65. The first-order valence-corrected chi connectivity index (χ1v) is 4.27. The van der Waals surface area contributed by atoms with Crippen molar-refractivity contribution in [3.8, 4) is 5.75 Å². The van der Waals surface area contributed by atoms with Gasteiger partial charge in [0.05, 0.1) is 5.69 Å². The highest BCUT2D eigenvalue weighted by Gasteiger charge is 2.20. The molecule has 2 heterocycles. The highest BCUT2D eigenvalue weighted by molar-refractivity contribution is 5.95. The average Bonchev–Trinajstić information content (AvgIpc) is 2.16. The number of carbonyl (C=O) groups excluding carboxylic acids is 1. The number of amides is 1. The molecule has 1 aromatic rings. The molecule has 0 atom stereocenters. The third kappa shape index (κ3) is 1.37. The normalized spacial score (nSPS) is 14.0. The third-order valence-corrected chi connectivity index (χ3v) is 1.97. The van der Waals surface area contributed by atoms with Crippen molar-refractivity contribution in [2.24, 2.45) is 0 Å². The van der Waals surface area contributed by atoms with Gasteiger partial charge in [0, 0.05) is 20.3 Å². The number of nitrogens with zero attached hydrogens (tertiary/aromatic N) is 2. The van der Waals surface area contributed by atoms with E-state index in [1.165, 1.54) is 0 Å². The van der Waals surface area contributed by atoms with Crippen LogP contribution in [0.5, 0.6) is 5.75 Å². The van der Waals surface area contributed by atoms with Gasteiger partial charge in [0.2, 0.25) is 0 Å². The van der Waals surface area contributed by atoms with E-state index in [1.807, 2.05) is 25.1 Å².